The Morgan fingerprint density at radius 1 is 1.57 bits per heavy atom. The zero-order valence-electron chi connectivity index (χ0n) is 9.16. The first-order valence-corrected chi connectivity index (χ1v) is 5.20. The van der Waals surface area contributed by atoms with E-state index in [1.165, 1.54) is 0 Å². The molecule has 1 aliphatic heterocycles. The third-order valence-corrected chi connectivity index (χ3v) is 2.90. The van der Waals surface area contributed by atoms with Gasteiger partial charge in [-0.15, -0.1) is 0 Å². The first kappa shape index (κ1) is 11.5. The van der Waals surface area contributed by atoms with E-state index in [-0.39, 0.29) is 24.1 Å². The van der Waals surface area contributed by atoms with Crippen LogP contribution in [0.4, 0.5) is 0 Å². The molecule has 1 rings (SSSR count). The van der Waals surface area contributed by atoms with E-state index in [0.717, 1.165) is 19.5 Å². The molecule has 82 valence electrons. The van der Waals surface area contributed by atoms with Crippen LogP contribution in [0.2, 0.25) is 0 Å². The highest BCUT2D eigenvalue weighted by atomic mass is 16.3. The molecule has 3 unspecified atom stereocenters. The highest BCUT2D eigenvalue weighted by molar-refractivity contribution is 5.73. The minimum atomic E-state index is -0.314. The normalized spacial score (nSPS) is 27.3. The number of aliphatic hydroxyl groups excluding tert-OH is 1. The summed E-state index contributed by atoms with van der Waals surface area (Å²) in [5.41, 5.74) is 0. The average molecular weight is 200 g/mol. The summed E-state index contributed by atoms with van der Waals surface area (Å²) in [6, 6.07) is 0.433. The second kappa shape index (κ2) is 4.75. The molecule has 0 saturated carbocycles. The average Bonchev–Trinajstić information content (AvgIpc) is 2.50. The van der Waals surface area contributed by atoms with Gasteiger partial charge in [0.15, 0.2) is 0 Å². The van der Waals surface area contributed by atoms with Gasteiger partial charge in [0.05, 0.1) is 6.10 Å². The number of carbonyl (C=O) groups excluding carboxylic acids is 1. The number of likely N-dealkylation sites (tertiary alicyclic amines) is 1. The van der Waals surface area contributed by atoms with E-state index in [1.54, 1.807) is 13.8 Å². The molecule has 1 fully saturated rings. The lowest BCUT2D eigenvalue weighted by molar-refractivity contribution is -0.119. The molecule has 1 saturated heterocycles. The number of hydrogen-bond donors (Lipinski definition) is 2. The van der Waals surface area contributed by atoms with Gasteiger partial charge in [-0.05, 0) is 20.3 Å². The maximum absolute atomic E-state index is 10.8. The smallest absolute Gasteiger partial charge is 0.217 e. The zero-order valence-corrected chi connectivity index (χ0v) is 9.16. The van der Waals surface area contributed by atoms with Gasteiger partial charge in [-0.3, -0.25) is 9.69 Å². The van der Waals surface area contributed by atoms with Crippen LogP contribution in [0.5, 0.6) is 0 Å². The predicted molar refractivity (Wildman–Crippen MR) is 54.9 cm³/mol. The van der Waals surface area contributed by atoms with Gasteiger partial charge < -0.3 is 10.4 Å². The number of rotatable bonds is 3. The molecule has 0 aromatic carbocycles. The SMILES string of the molecule is CC(=O)NC1CCN(C(C)C(C)O)C1. The Morgan fingerprint density at radius 2 is 2.21 bits per heavy atom. The number of carbonyl (C=O) groups is 1. The molecule has 1 aliphatic rings. The fourth-order valence-corrected chi connectivity index (χ4v) is 1.87. The second-order valence-electron chi connectivity index (χ2n) is 4.16. The molecule has 3 atom stereocenters. The lowest BCUT2D eigenvalue weighted by Gasteiger charge is -2.26. The molecule has 14 heavy (non-hydrogen) atoms. The molecule has 0 spiro atoms. The summed E-state index contributed by atoms with van der Waals surface area (Å²) in [6.45, 7) is 7.17. The van der Waals surface area contributed by atoms with Crippen LogP contribution in [-0.4, -0.2) is 47.2 Å². The van der Waals surface area contributed by atoms with E-state index in [4.69, 9.17) is 0 Å². The molecule has 4 nitrogen and oxygen atoms in total. The van der Waals surface area contributed by atoms with Crippen molar-refractivity contribution >= 4 is 5.91 Å². The van der Waals surface area contributed by atoms with Crippen LogP contribution in [0.15, 0.2) is 0 Å². The molecule has 0 radical (unpaired) electrons. The third-order valence-electron chi connectivity index (χ3n) is 2.90. The number of aliphatic hydroxyl groups is 1. The van der Waals surface area contributed by atoms with Crippen LogP contribution >= 0.6 is 0 Å². The van der Waals surface area contributed by atoms with E-state index in [0.29, 0.717) is 0 Å². The largest absolute Gasteiger partial charge is 0.392 e. The highest BCUT2D eigenvalue weighted by Crippen LogP contribution is 2.14. The molecule has 1 amide bonds. The number of nitrogens with zero attached hydrogens (tertiary/aromatic N) is 1. The van der Waals surface area contributed by atoms with Gasteiger partial charge in [-0.1, -0.05) is 0 Å². The van der Waals surface area contributed by atoms with Crippen molar-refractivity contribution in [2.45, 2.75) is 45.4 Å². The summed E-state index contributed by atoms with van der Waals surface area (Å²) < 4.78 is 0. The number of hydrogen-bond acceptors (Lipinski definition) is 3. The van der Waals surface area contributed by atoms with Crippen molar-refractivity contribution in [3.05, 3.63) is 0 Å². The van der Waals surface area contributed by atoms with Crippen molar-refractivity contribution in [2.75, 3.05) is 13.1 Å². The Morgan fingerprint density at radius 3 is 2.71 bits per heavy atom. The molecule has 0 aliphatic carbocycles. The van der Waals surface area contributed by atoms with Gasteiger partial charge >= 0.3 is 0 Å². The van der Waals surface area contributed by atoms with E-state index in [1.807, 2.05) is 6.92 Å². The first-order valence-electron chi connectivity index (χ1n) is 5.20. The summed E-state index contributed by atoms with van der Waals surface area (Å²) >= 11 is 0. The zero-order chi connectivity index (χ0) is 10.7. The molecule has 4 heteroatoms. The van der Waals surface area contributed by atoms with Gasteiger partial charge in [0.1, 0.15) is 0 Å². The van der Waals surface area contributed by atoms with Crippen molar-refractivity contribution in [3.8, 4) is 0 Å². The van der Waals surface area contributed by atoms with Crippen LogP contribution in [0.1, 0.15) is 27.2 Å². The summed E-state index contributed by atoms with van der Waals surface area (Å²) in [5.74, 6) is 0.0292. The third kappa shape index (κ3) is 2.96. The van der Waals surface area contributed by atoms with Crippen LogP contribution in [0.25, 0.3) is 0 Å². The molecular weight excluding hydrogens is 180 g/mol. The van der Waals surface area contributed by atoms with Gasteiger partial charge in [0.25, 0.3) is 0 Å². The predicted octanol–water partition coefficient (Wildman–Crippen LogP) is -0.0339. The lowest BCUT2D eigenvalue weighted by atomic mass is 10.2. The second-order valence-corrected chi connectivity index (χ2v) is 4.16. The lowest BCUT2D eigenvalue weighted by Crippen LogP contribution is -2.41. The van der Waals surface area contributed by atoms with Crippen molar-refractivity contribution in [1.29, 1.82) is 0 Å². The molecule has 0 aromatic heterocycles. The summed E-state index contributed by atoms with van der Waals surface area (Å²) in [4.78, 5) is 13.0. The van der Waals surface area contributed by atoms with Gasteiger partial charge in [-0.25, -0.2) is 0 Å². The van der Waals surface area contributed by atoms with Crippen LogP contribution in [-0.2, 0) is 4.79 Å². The Balaban J connectivity index is 2.37. The van der Waals surface area contributed by atoms with Crippen molar-refractivity contribution in [3.63, 3.8) is 0 Å². The summed E-state index contributed by atoms with van der Waals surface area (Å²) in [7, 11) is 0. The molecule has 0 aromatic rings. The fraction of sp³-hybridized carbons (Fsp3) is 0.900. The molecule has 0 bridgehead atoms. The van der Waals surface area contributed by atoms with Crippen molar-refractivity contribution in [2.24, 2.45) is 0 Å². The van der Waals surface area contributed by atoms with E-state index < -0.39 is 0 Å². The number of nitrogens with one attached hydrogen (secondary N) is 1. The van der Waals surface area contributed by atoms with Crippen molar-refractivity contribution in [1.82, 2.24) is 10.2 Å². The topological polar surface area (TPSA) is 52.6 Å². The van der Waals surface area contributed by atoms with Gasteiger partial charge in [0.2, 0.25) is 5.91 Å². The molecule has 1 heterocycles. The quantitative estimate of drug-likeness (QED) is 0.672. The molecule has 2 N–H and O–H groups in total. The maximum atomic E-state index is 10.8. The summed E-state index contributed by atoms with van der Waals surface area (Å²) in [5, 5.41) is 12.3. The Bertz CT molecular complexity index is 206. The van der Waals surface area contributed by atoms with E-state index >= 15 is 0 Å². The minimum absolute atomic E-state index is 0.0292. The van der Waals surface area contributed by atoms with Gasteiger partial charge in [-0.2, -0.15) is 0 Å². The molecular formula is C10H20N2O2. The standard InChI is InChI=1S/C10H20N2O2/c1-7(8(2)13)12-5-4-10(6-12)11-9(3)14/h7-8,10,13H,4-6H2,1-3H3,(H,11,14). The van der Waals surface area contributed by atoms with Crippen LogP contribution in [0.3, 0.4) is 0 Å². The van der Waals surface area contributed by atoms with Gasteiger partial charge in [0, 0.05) is 32.1 Å². The Labute approximate surface area is 85.3 Å². The summed E-state index contributed by atoms with van der Waals surface area (Å²) in [6.07, 6.45) is 0.669. The number of amides is 1. The minimum Gasteiger partial charge on any atom is -0.392 e. The first-order chi connectivity index (χ1) is 6.50. The van der Waals surface area contributed by atoms with E-state index in [9.17, 15) is 9.90 Å². The Hall–Kier alpha value is -0.610. The van der Waals surface area contributed by atoms with Crippen LogP contribution < -0.4 is 5.32 Å². The van der Waals surface area contributed by atoms with Crippen LogP contribution in [0, 0.1) is 0 Å². The monoisotopic (exact) mass is 200 g/mol. The fourth-order valence-electron chi connectivity index (χ4n) is 1.87. The Kier molecular flexibility index (Phi) is 3.89. The van der Waals surface area contributed by atoms with E-state index in [2.05, 4.69) is 10.2 Å². The maximum Gasteiger partial charge on any atom is 0.217 e. The van der Waals surface area contributed by atoms with Crippen molar-refractivity contribution < 1.29 is 9.90 Å². The highest BCUT2D eigenvalue weighted by Gasteiger charge is 2.28.